The van der Waals surface area contributed by atoms with E-state index in [4.69, 9.17) is 5.11 Å². The third-order valence-electron chi connectivity index (χ3n) is 4.35. The summed E-state index contributed by atoms with van der Waals surface area (Å²) in [5.74, 6) is -0.579. The Balaban J connectivity index is 1.70. The fourth-order valence-corrected chi connectivity index (χ4v) is 3.97. The Bertz CT molecular complexity index is 988. The third-order valence-corrected chi connectivity index (χ3v) is 5.36. The second-order valence-corrected chi connectivity index (χ2v) is 7.66. The van der Waals surface area contributed by atoms with Gasteiger partial charge in [0.15, 0.2) is 0 Å². The number of anilines is 1. The predicted octanol–water partition coefficient (Wildman–Crippen LogP) is 3.45. The molecule has 0 saturated carbocycles. The highest BCUT2D eigenvalue weighted by Crippen LogP contribution is 2.40. The lowest BCUT2D eigenvalue weighted by Gasteiger charge is -2.10. The number of hydrogen-bond donors (Lipinski definition) is 3. The molecule has 0 aliphatic heterocycles. The zero-order valence-electron chi connectivity index (χ0n) is 15.7. The van der Waals surface area contributed by atoms with Crippen LogP contribution in [0.1, 0.15) is 24.6 Å². The van der Waals surface area contributed by atoms with Crippen LogP contribution >= 0.6 is 11.3 Å². The summed E-state index contributed by atoms with van der Waals surface area (Å²) in [6.07, 6.45) is 2.34. The van der Waals surface area contributed by atoms with Crippen LogP contribution in [0.2, 0.25) is 0 Å². The fraction of sp³-hybridized carbons (Fsp3) is 0.300. The van der Waals surface area contributed by atoms with E-state index in [1.807, 2.05) is 18.2 Å². The SMILES string of the molecule is Cc1sc2ncnc(NCCCC(=O)NC(C)C(=O)O)c2c1-c1ccccc1. The van der Waals surface area contributed by atoms with Gasteiger partial charge in [0.05, 0.1) is 5.39 Å². The summed E-state index contributed by atoms with van der Waals surface area (Å²) in [6, 6.07) is 9.25. The van der Waals surface area contributed by atoms with Gasteiger partial charge in [-0.25, -0.2) is 9.97 Å². The quantitative estimate of drug-likeness (QED) is 0.502. The van der Waals surface area contributed by atoms with Crippen LogP contribution in [0.25, 0.3) is 21.3 Å². The molecular weight excluding hydrogens is 376 g/mol. The van der Waals surface area contributed by atoms with Gasteiger partial charge in [-0.3, -0.25) is 9.59 Å². The summed E-state index contributed by atoms with van der Waals surface area (Å²) in [5, 5.41) is 15.6. The summed E-state index contributed by atoms with van der Waals surface area (Å²) >= 11 is 1.63. The van der Waals surface area contributed by atoms with Gasteiger partial charge >= 0.3 is 5.97 Å². The topological polar surface area (TPSA) is 104 Å². The lowest BCUT2D eigenvalue weighted by molar-refractivity contribution is -0.141. The molecule has 8 heteroatoms. The first-order valence-corrected chi connectivity index (χ1v) is 9.84. The van der Waals surface area contributed by atoms with Crippen LogP contribution in [-0.4, -0.2) is 39.5 Å². The average Bonchev–Trinajstić information content (AvgIpc) is 3.02. The maximum Gasteiger partial charge on any atom is 0.325 e. The van der Waals surface area contributed by atoms with Crippen LogP contribution < -0.4 is 10.6 Å². The smallest absolute Gasteiger partial charge is 0.325 e. The molecular formula is C20H22N4O3S. The number of aromatic nitrogens is 2. The van der Waals surface area contributed by atoms with Gasteiger partial charge in [0.25, 0.3) is 0 Å². The number of carboxylic acids is 1. The van der Waals surface area contributed by atoms with E-state index in [9.17, 15) is 9.59 Å². The summed E-state index contributed by atoms with van der Waals surface area (Å²) < 4.78 is 0. The Morgan fingerprint density at radius 2 is 1.96 bits per heavy atom. The van der Waals surface area contributed by atoms with Crippen LogP contribution in [-0.2, 0) is 9.59 Å². The van der Waals surface area contributed by atoms with E-state index in [0.29, 0.717) is 13.0 Å². The highest BCUT2D eigenvalue weighted by molar-refractivity contribution is 7.19. The molecule has 0 fully saturated rings. The molecule has 28 heavy (non-hydrogen) atoms. The van der Waals surface area contributed by atoms with E-state index < -0.39 is 12.0 Å². The third kappa shape index (κ3) is 4.45. The van der Waals surface area contributed by atoms with Gasteiger partial charge < -0.3 is 15.7 Å². The first-order valence-electron chi connectivity index (χ1n) is 9.03. The second kappa shape index (κ2) is 8.79. The van der Waals surface area contributed by atoms with Crippen molar-refractivity contribution < 1.29 is 14.7 Å². The van der Waals surface area contributed by atoms with Crippen molar-refractivity contribution in [2.24, 2.45) is 0 Å². The molecule has 3 aromatic rings. The molecule has 7 nitrogen and oxygen atoms in total. The first-order chi connectivity index (χ1) is 13.5. The lowest BCUT2D eigenvalue weighted by Crippen LogP contribution is -2.38. The van der Waals surface area contributed by atoms with Crippen molar-refractivity contribution in [3.05, 3.63) is 41.5 Å². The number of aryl methyl sites for hydroxylation is 1. The van der Waals surface area contributed by atoms with Crippen molar-refractivity contribution in [2.75, 3.05) is 11.9 Å². The fourth-order valence-electron chi connectivity index (χ4n) is 2.96. The van der Waals surface area contributed by atoms with Crippen molar-refractivity contribution in [2.45, 2.75) is 32.7 Å². The summed E-state index contributed by atoms with van der Waals surface area (Å²) in [6.45, 7) is 4.07. The summed E-state index contributed by atoms with van der Waals surface area (Å²) in [7, 11) is 0. The number of aliphatic carboxylic acids is 1. The number of carbonyl (C=O) groups is 2. The number of thiophene rings is 1. The molecule has 1 aromatic carbocycles. The molecule has 0 aliphatic carbocycles. The molecule has 0 radical (unpaired) electrons. The number of rotatable bonds is 8. The Hall–Kier alpha value is -3.00. The number of carbonyl (C=O) groups excluding carboxylic acids is 1. The highest BCUT2D eigenvalue weighted by Gasteiger charge is 2.17. The van der Waals surface area contributed by atoms with Crippen LogP contribution in [0.4, 0.5) is 5.82 Å². The number of nitrogens with one attached hydrogen (secondary N) is 2. The maximum atomic E-state index is 11.8. The van der Waals surface area contributed by atoms with E-state index in [1.165, 1.54) is 18.1 Å². The van der Waals surface area contributed by atoms with Crippen molar-refractivity contribution >= 4 is 39.2 Å². The molecule has 3 N–H and O–H groups in total. The van der Waals surface area contributed by atoms with Crippen LogP contribution in [0.15, 0.2) is 36.7 Å². The largest absolute Gasteiger partial charge is 0.480 e. The Labute approximate surface area is 166 Å². The van der Waals surface area contributed by atoms with Gasteiger partial charge in [-0.1, -0.05) is 30.3 Å². The van der Waals surface area contributed by atoms with Gasteiger partial charge in [-0.15, -0.1) is 11.3 Å². The minimum Gasteiger partial charge on any atom is -0.480 e. The van der Waals surface area contributed by atoms with Crippen LogP contribution in [0.5, 0.6) is 0 Å². The molecule has 146 valence electrons. The van der Waals surface area contributed by atoms with Crippen molar-refractivity contribution in [3.8, 4) is 11.1 Å². The Kier molecular flexibility index (Phi) is 6.20. The molecule has 0 spiro atoms. The zero-order chi connectivity index (χ0) is 20.1. The molecule has 2 aromatic heterocycles. The second-order valence-electron chi connectivity index (χ2n) is 6.46. The average molecular weight is 398 g/mol. The number of fused-ring (bicyclic) bond motifs is 1. The van der Waals surface area contributed by atoms with Crippen molar-refractivity contribution in [3.63, 3.8) is 0 Å². The van der Waals surface area contributed by atoms with Gasteiger partial charge in [-0.2, -0.15) is 0 Å². The molecule has 0 bridgehead atoms. The Morgan fingerprint density at radius 1 is 1.21 bits per heavy atom. The predicted molar refractivity (Wildman–Crippen MR) is 111 cm³/mol. The van der Waals surface area contributed by atoms with Crippen LogP contribution in [0, 0.1) is 6.92 Å². The molecule has 2 heterocycles. The van der Waals surface area contributed by atoms with Gasteiger partial charge in [0.1, 0.15) is 23.0 Å². The standard InChI is InChI=1S/C20H22N4O3S/c1-12(20(26)27)24-15(25)9-6-10-21-18-17-16(14-7-4-3-5-8-14)13(2)28-19(17)23-11-22-18/h3-5,7-8,11-12H,6,9-10H2,1-2H3,(H,24,25)(H,26,27)(H,21,22,23). The van der Waals surface area contributed by atoms with Crippen molar-refractivity contribution in [1.29, 1.82) is 0 Å². The van der Waals surface area contributed by atoms with E-state index in [2.05, 4.69) is 39.7 Å². The number of carboxylic acid groups (broad SMARTS) is 1. The van der Waals surface area contributed by atoms with E-state index in [1.54, 1.807) is 11.3 Å². The van der Waals surface area contributed by atoms with E-state index in [0.717, 1.165) is 27.2 Å². The van der Waals surface area contributed by atoms with E-state index in [-0.39, 0.29) is 12.3 Å². The normalized spacial score (nSPS) is 11.9. The van der Waals surface area contributed by atoms with Crippen molar-refractivity contribution in [1.82, 2.24) is 15.3 Å². The van der Waals surface area contributed by atoms with Gasteiger partial charge in [0, 0.05) is 23.4 Å². The Morgan fingerprint density at radius 3 is 2.68 bits per heavy atom. The minimum absolute atomic E-state index is 0.243. The molecule has 3 rings (SSSR count). The molecule has 0 saturated heterocycles. The van der Waals surface area contributed by atoms with Gasteiger partial charge in [-0.05, 0) is 25.8 Å². The lowest BCUT2D eigenvalue weighted by atomic mass is 10.0. The summed E-state index contributed by atoms with van der Waals surface area (Å²) in [4.78, 5) is 33.5. The maximum absolute atomic E-state index is 11.8. The number of hydrogen-bond acceptors (Lipinski definition) is 6. The molecule has 0 aliphatic rings. The number of benzene rings is 1. The molecule has 1 amide bonds. The summed E-state index contributed by atoms with van der Waals surface area (Å²) in [5.41, 5.74) is 2.24. The van der Waals surface area contributed by atoms with E-state index >= 15 is 0 Å². The molecule has 1 unspecified atom stereocenters. The van der Waals surface area contributed by atoms with Gasteiger partial charge in [0.2, 0.25) is 5.91 Å². The minimum atomic E-state index is -1.05. The number of nitrogens with zero attached hydrogens (tertiary/aromatic N) is 2. The number of amides is 1. The monoisotopic (exact) mass is 398 g/mol. The highest BCUT2D eigenvalue weighted by atomic mass is 32.1. The zero-order valence-corrected chi connectivity index (χ0v) is 16.5. The van der Waals surface area contributed by atoms with Crippen LogP contribution in [0.3, 0.4) is 0 Å². The first kappa shape index (κ1) is 19.8. The molecule has 1 atom stereocenters.